The predicted octanol–water partition coefficient (Wildman–Crippen LogP) is 3.89. The number of benzene rings is 2. The first-order valence-corrected chi connectivity index (χ1v) is 8.99. The Bertz CT molecular complexity index is 977. The third-order valence-corrected chi connectivity index (χ3v) is 3.98. The van der Waals surface area contributed by atoms with E-state index in [0.29, 0.717) is 35.4 Å². The van der Waals surface area contributed by atoms with Gasteiger partial charge in [-0.25, -0.2) is 9.97 Å². The highest BCUT2D eigenvalue weighted by molar-refractivity contribution is 6.03. The van der Waals surface area contributed by atoms with Crippen molar-refractivity contribution in [2.24, 2.45) is 0 Å². The molecule has 3 aromatic rings. The van der Waals surface area contributed by atoms with E-state index in [4.69, 9.17) is 14.2 Å². The second-order valence-corrected chi connectivity index (χ2v) is 5.86. The molecule has 0 saturated heterocycles. The summed E-state index contributed by atoms with van der Waals surface area (Å²) in [6.07, 6.45) is 2.89. The average molecular weight is 394 g/mol. The molecular weight excluding hydrogens is 372 g/mol. The summed E-state index contributed by atoms with van der Waals surface area (Å²) in [7, 11) is 3.14. The van der Waals surface area contributed by atoms with Gasteiger partial charge in [-0.05, 0) is 31.2 Å². The first-order valence-electron chi connectivity index (χ1n) is 8.99. The van der Waals surface area contributed by atoms with Crippen molar-refractivity contribution < 1.29 is 19.0 Å². The third kappa shape index (κ3) is 4.92. The molecule has 0 aliphatic heterocycles. The zero-order chi connectivity index (χ0) is 20.6. The molecule has 150 valence electrons. The Hall–Kier alpha value is -3.81. The number of aromatic nitrogens is 2. The summed E-state index contributed by atoms with van der Waals surface area (Å²) in [6.45, 7) is 2.39. The van der Waals surface area contributed by atoms with Gasteiger partial charge in [-0.15, -0.1) is 0 Å². The van der Waals surface area contributed by atoms with E-state index in [9.17, 15) is 4.79 Å². The topological polar surface area (TPSA) is 94.6 Å². The van der Waals surface area contributed by atoms with Gasteiger partial charge in [0.25, 0.3) is 5.91 Å². The van der Waals surface area contributed by atoms with Crippen LogP contribution in [0.25, 0.3) is 0 Å². The van der Waals surface area contributed by atoms with Gasteiger partial charge in [0.15, 0.2) is 11.5 Å². The lowest BCUT2D eigenvalue weighted by atomic mass is 10.2. The van der Waals surface area contributed by atoms with Crippen LogP contribution in [-0.2, 0) is 0 Å². The molecule has 1 amide bonds. The minimum atomic E-state index is -0.373. The first-order chi connectivity index (χ1) is 14.1. The van der Waals surface area contributed by atoms with Crippen molar-refractivity contribution in [3.63, 3.8) is 0 Å². The standard InChI is InChI=1S/C21H22N4O4/c1-4-29-17-8-6-5-7-15(17)25-21(26)16-12-23-20(13-22-16)24-14-9-10-18(27-2)19(11-14)28-3/h5-13H,4H2,1-3H3,(H,23,24)(H,25,26). The number of rotatable bonds is 8. The monoisotopic (exact) mass is 394 g/mol. The Labute approximate surface area is 168 Å². The second-order valence-electron chi connectivity index (χ2n) is 5.86. The fraction of sp³-hybridized carbons (Fsp3) is 0.190. The van der Waals surface area contributed by atoms with Crippen molar-refractivity contribution in [2.45, 2.75) is 6.92 Å². The molecule has 0 spiro atoms. The number of hydrogen-bond donors (Lipinski definition) is 2. The fourth-order valence-corrected chi connectivity index (χ4v) is 2.61. The number of nitrogens with zero attached hydrogens (tertiary/aromatic N) is 2. The number of amides is 1. The van der Waals surface area contributed by atoms with Gasteiger partial charge in [0.2, 0.25) is 0 Å². The van der Waals surface area contributed by atoms with Crippen molar-refractivity contribution in [3.8, 4) is 17.2 Å². The van der Waals surface area contributed by atoms with Gasteiger partial charge in [0.1, 0.15) is 17.3 Å². The molecule has 8 nitrogen and oxygen atoms in total. The van der Waals surface area contributed by atoms with Gasteiger partial charge in [-0.1, -0.05) is 12.1 Å². The lowest BCUT2D eigenvalue weighted by molar-refractivity contribution is 0.102. The largest absolute Gasteiger partial charge is 0.493 e. The quantitative estimate of drug-likeness (QED) is 0.598. The third-order valence-electron chi connectivity index (χ3n) is 3.98. The summed E-state index contributed by atoms with van der Waals surface area (Å²) < 4.78 is 16.0. The molecular formula is C21H22N4O4. The van der Waals surface area contributed by atoms with Crippen molar-refractivity contribution in [1.82, 2.24) is 9.97 Å². The average Bonchev–Trinajstić information content (AvgIpc) is 2.75. The molecule has 8 heteroatoms. The minimum Gasteiger partial charge on any atom is -0.493 e. The molecule has 0 radical (unpaired) electrons. The Morgan fingerprint density at radius 1 is 0.966 bits per heavy atom. The van der Waals surface area contributed by atoms with Crippen LogP contribution in [0.5, 0.6) is 17.2 Å². The highest BCUT2D eigenvalue weighted by atomic mass is 16.5. The highest BCUT2D eigenvalue weighted by Crippen LogP contribution is 2.30. The van der Waals surface area contributed by atoms with Crippen LogP contribution in [-0.4, -0.2) is 36.7 Å². The van der Waals surface area contributed by atoms with Crippen LogP contribution in [0, 0.1) is 0 Å². The van der Waals surface area contributed by atoms with Gasteiger partial charge in [0.05, 0.1) is 38.9 Å². The van der Waals surface area contributed by atoms with Crippen molar-refractivity contribution in [1.29, 1.82) is 0 Å². The second kappa shape index (κ2) is 9.41. The molecule has 0 bridgehead atoms. The van der Waals surface area contributed by atoms with E-state index in [1.54, 1.807) is 38.5 Å². The summed E-state index contributed by atoms with van der Waals surface area (Å²) in [6, 6.07) is 12.6. The molecule has 0 saturated carbocycles. The van der Waals surface area contributed by atoms with E-state index < -0.39 is 0 Å². The number of methoxy groups -OCH3 is 2. The molecule has 29 heavy (non-hydrogen) atoms. The normalized spacial score (nSPS) is 10.2. The van der Waals surface area contributed by atoms with Crippen molar-refractivity contribution in [3.05, 3.63) is 60.6 Å². The number of hydrogen-bond acceptors (Lipinski definition) is 7. The molecule has 3 rings (SSSR count). The molecule has 0 atom stereocenters. The van der Waals surface area contributed by atoms with E-state index in [1.165, 1.54) is 12.4 Å². The Kier molecular flexibility index (Phi) is 6.47. The van der Waals surface area contributed by atoms with Crippen LogP contribution in [0.15, 0.2) is 54.9 Å². The summed E-state index contributed by atoms with van der Waals surface area (Å²) in [5.74, 6) is 1.94. The predicted molar refractivity (Wildman–Crippen MR) is 110 cm³/mol. The van der Waals surface area contributed by atoms with Crippen molar-refractivity contribution >= 4 is 23.1 Å². The summed E-state index contributed by atoms with van der Waals surface area (Å²) in [4.78, 5) is 20.9. The Balaban J connectivity index is 1.69. The Morgan fingerprint density at radius 3 is 2.45 bits per heavy atom. The molecule has 2 aromatic carbocycles. The number of para-hydroxylation sites is 2. The van der Waals surface area contributed by atoms with Gasteiger partial charge >= 0.3 is 0 Å². The maximum atomic E-state index is 12.5. The molecule has 0 aliphatic rings. The number of carbonyl (C=O) groups is 1. The molecule has 2 N–H and O–H groups in total. The van der Waals surface area contributed by atoms with E-state index in [0.717, 1.165) is 5.69 Å². The van der Waals surface area contributed by atoms with Gasteiger partial charge < -0.3 is 24.8 Å². The zero-order valence-electron chi connectivity index (χ0n) is 16.4. The van der Waals surface area contributed by atoms with Crippen LogP contribution >= 0.6 is 0 Å². The molecule has 1 heterocycles. The maximum absolute atomic E-state index is 12.5. The van der Waals surface area contributed by atoms with E-state index in [1.807, 2.05) is 25.1 Å². The van der Waals surface area contributed by atoms with Crippen LogP contribution < -0.4 is 24.8 Å². The fourth-order valence-electron chi connectivity index (χ4n) is 2.61. The van der Waals surface area contributed by atoms with Crippen molar-refractivity contribution in [2.75, 3.05) is 31.5 Å². The van der Waals surface area contributed by atoms with Crippen LogP contribution in [0.3, 0.4) is 0 Å². The van der Waals surface area contributed by atoms with Gasteiger partial charge in [-0.3, -0.25) is 4.79 Å². The number of anilines is 3. The zero-order valence-corrected chi connectivity index (χ0v) is 16.4. The van der Waals surface area contributed by atoms with E-state index in [-0.39, 0.29) is 11.6 Å². The van der Waals surface area contributed by atoms with Gasteiger partial charge in [0, 0.05) is 11.8 Å². The number of carbonyl (C=O) groups excluding carboxylic acids is 1. The molecule has 1 aromatic heterocycles. The smallest absolute Gasteiger partial charge is 0.275 e. The first kappa shape index (κ1) is 19.9. The van der Waals surface area contributed by atoms with E-state index in [2.05, 4.69) is 20.6 Å². The van der Waals surface area contributed by atoms with Gasteiger partial charge in [-0.2, -0.15) is 0 Å². The van der Waals surface area contributed by atoms with Crippen LogP contribution in [0.2, 0.25) is 0 Å². The molecule has 0 unspecified atom stereocenters. The lowest BCUT2D eigenvalue weighted by Gasteiger charge is -2.12. The van der Waals surface area contributed by atoms with Crippen LogP contribution in [0.1, 0.15) is 17.4 Å². The maximum Gasteiger partial charge on any atom is 0.275 e. The molecule has 0 fully saturated rings. The highest BCUT2D eigenvalue weighted by Gasteiger charge is 2.12. The number of nitrogens with one attached hydrogen (secondary N) is 2. The van der Waals surface area contributed by atoms with Crippen LogP contribution in [0.4, 0.5) is 17.2 Å². The SMILES string of the molecule is CCOc1ccccc1NC(=O)c1cnc(Nc2ccc(OC)c(OC)c2)cn1. The Morgan fingerprint density at radius 2 is 1.76 bits per heavy atom. The lowest BCUT2D eigenvalue weighted by Crippen LogP contribution is -2.15. The summed E-state index contributed by atoms with van der Waals surface area (Å²) in [5, 5.41) is 5.90. The number of ether oxygens (including phenoxy) is 3. The summed E-state index contributed by atoms with van der Waals surface area (Å²) in [5.41, 5.74) is 1.52. The van der Waals surface area contributed by atoms with E-state index >= 15 is 0 Å². The summed E-state index contributed by atoms with van der Waals surface area (Å²) >= 11 is 0. The molecule has 0 aliphatic carbocycles. The minimum absolute atomic E-state index is 0.189.